The first-order chi connectivity index (χ1) is 10.7. The number of carbonyl (C=O) groups is 1. The van der Waals surface area contributed by atoms with Gasteiger partial charge in [0.05, 0.1) is 18.6 Å². The van der Waals surface area contributed by atoms with Crippen LogP contribution in [0.1, 0.15) is 43.4 Å². The molecule has 0 bridgehead atoms. The molecule has 1 N–H and O–H groups in total. The summed E-state index contributed by atoms with van der Waals surface area (Å²) in [6.45, 7) is 2.62. The fourth-order valence-electron chi connectivity index (χ4n) is 2.39. The zero-order valence-corrected chi connectivity index (χ0v) is 13.2. The number of nitrogens with zero attached hydrogens (tertiary/aromatic N) is 2. The summed E-state index contributed by atoms with van der Waals surface area (Å²) in [7, 11) is 1.83. The van der Waals surface area contributed by atoms with Crippen LogP contribution in [-0.4, -0.2) is 23.0 Å². The van der Waals surface area contributed by atoms with E-state index in [0.29, 0.717) is 6.54 Å². The second kappa shape index (κ2) is 8.22. The van der Waals surface area contributed by atoms with Crippen molar-refractivity contribution >= 4 is 6.03 Å². The second-order valence-electron chi connectivity index (χ2n) is 5.35. The van der Waals surface area contributed by atoms with Crippen LogP contribution in [0.5, 0.6) is 0 Å². The molecule has 22 heavy (non-hydrogen) atoms. The number of hydrogen-bond donors (Lipinski definition) is 1. The molecule has 0 radical (unpaired) electrons. The van der Waals surface area contributed by atoms with E-state index < -0.39 is 0 Å². The molecule has 118 valence electrons. The number of aromatic nitrogens is 1. The number of unbranched alkanes of at least 4 members (excludes halogenated alkanes) is 1. The van der Waals surface area contributed by atoms with Crippen LogP contribution in [0.25, 0.3) is 0 Å². The van der Waals surface area contributed by atoms with Crippen molar-refractivity contribution in [3.8, 4) is 0 Å². The molecule has 1 atom stereocenters. The Labute approximate surface area is 131 Å². The lowest BCUT2D eigenvalue weighted by atomic mass is 10.0. The summed E-state index contributed by atoms with van der Waals surface area (Å²) in [5.74, 6) is 0. The van der Waals surface area contributed by atoms with Gasteiger partial charge in [0, 0.05) is 31.5 Å². The zero-order chi connectivity index (χ0) is 15.8. The molecule has 5 heteroatoms. The molecule has 0 saturated carbocycles. The summed E-state index contributed by atoms with van der Waals surface area (Å²) in [4.78, 5) is 18.3. The largest absolute Gasteiger partial charge is 0.472 e. The summed E-state index contributed by atoms with van der Waals surface area (Å²) in [6.07, 6.45) is 9.92. The minimum atomic E-state index is -0.0915. The lowest BCUT2D eigenvalue weighted by molar-refractivity contribution is 0.185. The molecule has 0 fully saturated rings. The van der Waals surface area contributed by atoms with Crippen molar-refractivity contribution in [1.29, 1.82) is 0 Å². The number of nitrogens with one attached hydrogen (secondary N) is 1. The van der Waals surface area contributed by atoms with Crippen molar-refractivity contribution in [3.63, 3.8) is 0 Å². The molecular weight excluding hydrogens is 278 g/mol. The third kappa shape index (κ3) is 4.35. The number of urea groups is 1. The monoisotopic (exact) mass is 301 g/mol. The van der Waals surface area contributed by atoms with Crippen LogP contribution < -0.4 is 5.32 Å². The maximum Gasteiger partial charge on any atom is 0.317 e. The van der Waals surface area contributed by atoms with Gasteiger partial charge >= 0.3 is 6.03 Å². The minimum Gasteiger partial charge on any atom is -0.472 e. The fraction of sp³-hybridized carbons (Fsp3) is 0.412. The van der Waals surface area contributed by atoms with E-state index in [4.69, 9.17) is 4.42 Å². The Kier molecular flexibility index (Phi) is 6.01. The Bertz CT molecular complexity index is 555. The molecule has 2 amide bonds. The van der Waals surface area contributed by atoms with Crippen molar-refractivity contribution < 1.29 is 9.21 Å². The van der Waals surface area contributed by atoms with Crippen LogP contribution in [0.2, 0.25) is 0 Å². The normalized spacial score (nSPS) is 11.9. The molecule has 2 heterocycles. The van der Waals surface area contributed by atoms with Crippen molar-refractivity contribution in [2.24, 2.45) is 0 Å². The molecule has 2 rings (SSSR count). The van der Waals surface area contributed by atoms with Crippen LogP contribution in [0.15, 0.2) is 47.5 Å². The van der Waals surface area contributed by atoms with Gasteiger partial charge in [-0.15, -0.1) is 0 Å². The van der Waals surface area contributed by atoms with Gasteiger partial charge in [0.15, 0.2) is 0 Å². The van der Waals surface area contributed by atoms with Gasteiger partial charge in [-0.05, 0) is 24.1 Å². The maximum absolute atomic E-state index is 12.4. The number of hydrogen-bond acceptors (Lipinski definition) is 3. The highest BCUT2D eigenvalue weighted by molar-refractivity contribution is 5.74. The summed E-state index contributed by atoms with van der Waals surface area (Å²) >= 11 is 0. The molecule has 0 aliphatic carbocycles. The van der Waals surface area contributed by atoms with Crippen LogP contribution >= 0.6 is 0 Å². The van der Waals surface area contributed by atoms with Crippen LogP contribution in [0, 0.1) is 0 Å². The summed E-state index contributed by atoms with van der Waals surface area (Å²) in [5.41, 5.74) is 2.02. The standard InChI is InChI=1S/C17H23N3O2/c1-3-4-7-16(15-6-5-9-18-12-15)20(2)17(21)19-11-14-8-10-22-13-14/h5-6,8-10,12-13,16H,3-4,7,11H2,1-2H3,(H,19,21)/t16-/m1/s1. The molecule has 2 aromatic heterocycles. The molecule has 0 unspecified atom stereocenters. The third-order valence-corrected chi connectivity index (χ3v) is 3.71. The SMILES string of the molecule is CCCC[C@H](c1cccnc1)N(C)C(=O)NCc1ccoc1. The molecule has 0 spiro atoms. The van der Waals surface area contributed by atoms with Gasteiger partial charge in [0.25, 0.3) is 0 Å². The molecule has 0 saturated heterocycles. The van der Waals surface area contributed by atoms with Crippen LogP contribution in [0.3, 0.4) is 0 Å². The van der Waals surface area contributed by atoms with Gasteiger partial charge in [-0.2, -0.15) is 0 Å². The Morgan fingerprint density at radius 1 is 1.45 bits per heavy atom. The highest BCUT2D eigenvalue weighted by Gasteiger charge is 2.21. The van der Waals surface area contributed by atoms with Crippen LogP contribution in [-0.2, 0) is 6.54 Å². The smallest absolute Gasteiger partial charge is 0.317 e. The van der Waals surface area contributed by atoms with Gasteiger partial charge < -0.3 is 14.6 Å². The summed E-state index contributed by atoms with van der Waals surface area (Å²) < 4.78 is 5.00. The first-order valence-corrected chi connectivity index (χ1v) is 7.64. The number of furan rings is 1. The predicted molar refractivity (Wildman–Crippen MR) is 85.2 cm³/mol. The lowest BCUT2D eigenvalue weighted by Crippen LogP contribution is -2.39. The van der Waals surface area contributed by atoms with Gasteiger partial charge in [-0.3, -0.25) is 4.98 Å². The molecule has 0 aliphatic rings. The molecule has 2 aromatic rings. The Morgan fingerprint density at radius 3 is 2.95 bits per heavy atom. The molecule has 0 aliphatic heterocycles. The van der Waals surface area contributed by atoms with Crippen molar-refractivity contribution in [3.05, 3.63) is 54.2 Å². The second-order valence-corrected chi connectivity index (χ2v) is 5.35. The average Bonchev–Trinajstić information content (AvgIpc) is 3.07. The molecule has 0 aromatic carbocycles. The first kappa shape index (κ1) is 16.1. The van der Waals surface area contributed by atoms with E-state index in [1.807, 2.05) is 31.4 Å². The topological polar surface area (TPSA) is 58.4 Å². The zero-order valence-electron chi connectivity index (χ0n) is 13.2. The van der Waals surface area contributed by atoms with E-state index in [0.717, 1.165) is 30.4 Å². The van der Waals surface area contributed by atoms with E-state index in [9.17, 15) is 4.79 Å². The predicted octanol–water partition coefficient (Wildman–Crippen LogP) is 3.75. The Morgan fingerprint density at radius 2 is 2.32 bits per heavy atom. The van der Waals surface area contributed by atoms with E-state index >= 15 is 0 Å². The molecular formula is C17H23N3O2. The van der Waals surface area contributed by atoms with Gasteiger partial charge in [0.1, 0.15) is 0 Å². The Balaban J connectivity index is 2.00. The summed E-state index contributed by atoms with van der Waals surface area (Å²) in [5, 5.41) is 2.92. The Hall–Kier alpha value is -2.30. The minimum absolute atomic E-state index is 0.0398. The number of pyridine rings is 1. The number of rotatable bonds is 7. The van der Waals surface area contributed by atoms with Crippen LogP contribution in [0.4, 0.5) is 4.79 Å². The average molecular weight is 301 g/mol. The van der Waals surface area contributed by atoms with E-state index in [2.05, 4.69) is 17.2 Å². The van der Waals surface area contributed by atoms with E-state index in [1.54, 1.807) is 23.6 Å². The van der Waals surface area contributed by atoms with Gasteiger partial charge in [-0.25, -0.2) is 4.79 Å². The number of amides is 2. The third-order valence-electron chi connectivity index (χ3n) is 3.71. The lowest BCUT2D eigenvalue weighted by Gasteiger charge is -2.28. The molecule has 5 nitrogen and oxygen atoms in total. The highest BCUT2D eigenvalue weighted by atomic mass is 16.3. The quantitative estimate of drug-likeness (QED) is 0.847. The van der Waals surface area contributed by atoms with Gasteiger partial charge in [-0.1, -0.05) is 25.8 Å². The van der Waals surface area contributed by atoms with Gasteiger partial charge in [0.2, 0.25) is 0 Å². The first-order valence-electron chi connectivity index (χ1n) is 7.64. The fourth-order valence-corrected chi connectivity index (χ4v) is 2.39. The van der Waals surface area contributed by atoms with Crippen molar-refractivity contribution in [2.45, 2.75) is 38.8 Å². The van der Waals surface area contributed by atoms with Crippen molar-refractivity contribution in [2.75, 3.05) is 7.05 Å². The van der Waals surface area contributed by atoms with E-state index in [1.165, 1.54) is 0 Å². The van der Waals surface area contributed by atoms with Crippen molar-refractivity contribution in [1.82, 2.24) is 15.2 Å². The summed E-state index contributed by atoms with van der Waals surface area (Å²) in [6, 6.07) is 5.72. The highest BCUT2D eigenvalue weighted by Crippen LogP contribution is 2.24. The number of carbonyl (C=O) groups excluding carboxylic acids is 1. The van der Waals surface area contributed by atoms with E-state index in [-0.39, 0.29) is 12.1 Å². The maximum atomic E-state index is 12.4.